The third-order valence-electron chi connectivity index (χ3n) is 2.64. The summed E-state index contributed by atoms with van der Waals surface area (Å²) < 4.78 is 5.85. The van der Waals surface area contributed by atoms with Gasteiger partial charge < -0.3 is 4.74 Å². The van der Waals surface area contributed by atoms with E-state index in [-0.39, 0.29) is 0 Å². The molecule has 0 saturated heterocycles. The van der Waals surface area contributed by atoms with Crippen molar-refractivity contribution in [3.8, 4) is 11.5 Å². The fourth-order valence-corrected chi connectivity index (χ4v) is 1.99. The second kappa shape index (κ2) is 5.37. The lowest BCUT2D eigenvalue weighted by atomic mass is 10.1. The minimum atomic E-state index is 0.874. The van der Waals surface area contributed by atoms with Gasteiger partial charge in [-0.05, 0) is 43.2 Å². The molecular formula is C15H15BrO. The molecule has 2 aromatic carbocycles. The SMILES string of the molecule is Cc1ccc(Oc2ccc(CBr)cc2C)cc1. The lowest BCUT2D eigenvalue weighted by Crippen LogP contribution is -1.89. The van der Waals surface area contributed by atoms with Gasteiger partial charge in [0.05, 0.1) is 0 Å². The monoisotopic (exact) mass is 290 g/mol. The second-order valence-corrected chi connectivity index (χ2v) is 4.71. The van der Waals surface area contributed by atoms with E-state index in [9.17, 15) is 0 Å². The zero-order valence-electron chi connectivity index (χ0n) is 10.0. The van der Waals surface area contributed by atoms with Crippen molar-refractivity contribution in [1.82, 2.24) is 0 Å². The van der Waals surface area contributed by atoms with Crippen molar-refractivity contribution >= 4 is 15.9 Å². The summed E-state index contributed by atoms with van der Waals surface area (Å²) in [5.74, 6) is 1.80. The fraction of sp³-hybridized carbons (Fsp3) is 0.200. The molecule has 0 aliphatic carbocycles. The summed E-state index contributed by atoms with van der Waals surface area (Å²) in [7, 11) is 0. The maximum absolute atomic E-state index is 5.85. The van der Waals surface area contributed by atoms with Crippen molar-refractivity contribution < 1.29 is 4.74 Å². The predicted octanol–water partition coefficient (Wildman–Crippen LogP) is 4.99. The third kappa shape index (κ3) is 3.10. The number of ether oxygens (including phenoxy) is 1. The molecule has 1 nitrogen and oxygen atoms in total. The van der Waals surface area contributed by atoms with Gasteiger partial charge in [-0.15, -0.1) is 0 Å². The molecule has 0 radical (unpaired) electrons. The zero-order valence-corrected chi connectivity index (χ0v) is 11.6. The summed E-state index contributed by atoms with van der Waals surface area (Å²) in [6.07, 6.45) is 0. The number of aryl methyl sites for hydroxylation is 2. The average Bonchev–Trinajstić information content (AvgIpc) is 2.34. The van der Waals surface area contributed by atoms with E-state index in [1.165, 1.54) is 11.1 Å². The Kier molecular flexibility index (Phi) is 3.85. The largest absolute Gasteiger partial charge is 0.457 e. The molecule has 17 heavy (non-hydrogen) atoms. The molecule has 0 spiro atoms. The van der Waals surface area contributed by atoms with Crippen LogP contribution < -0.4 is 4.74 Å². The molecule has 2 rings (SSSR count). The second-order valence-electron chi connectivity index (χ2n) is 4.15. The molecule has 0 saturated carbocycles. The first-order valence-corrected chi connectivity index (χ1v) is 6.71. The van der Waals surface area contributed by atoms with E-state index in [1.807, 2.05) is 18.2 Å². The molecule has 2 aromatic rings. The molecule has 0 heterocycles. The standard InChI is InChI=1S/C15H15BrO/c1-11-3-6-14(7-4-11)17-15-8-5-13(10-16)9-12(15)2/h3-9H,10H2,1-2H3. The van der Waals surface area contributed by atoms with Crippen LogP contribution in [-0.2, 0) is 5.33 Å². The maximum Gasteiger partial charge on any atom is 0.130 e. The highest BCUT2D eigenvalue weighted by Crippen LogP contribution is 2.26. The van der Waals surface area contributed by atoms with Crippen LogP contribution in [0.1, 0.15) is 16.7 Å². The van der Waals surface area contributed by atoms with Gasteiger partial charge in [-0.25, -0.2) is 0 Å². The molecule has 0 aromatic heterocycles. The van der Waals surface area contributed by atoms with Gasteiger partial charge in [0.1, 0.15) is 11.5 Å². The van der Waals surface area contributed by atoms with E-state index < -0.39 is 0 Å². The summed E-state index contributed by atoms with van der Waals surface area (Å²) in [5, 5.41) is 0.874. The van der Waals surface area contributed by atoms with E-state index in [4.69, 9.17) is 4.74 Å². The molecule has 0 unspecified atom stereocenters. The molecule has 0 amide bonds. The Bertz CT molecular complexity index is 503. The number of rotatable bonds is 3. The van der Waals surface area contributed by atoms with Gasteiger partial charge >= 0.3 is 0 Å². The van der Waals surface area contributed by atoms with E-state index in [2.05, 4.69) is 54.0 Å². The van der Waals surface area contributed by atoms with Crippen LogP contribution in [0, 0.1) is 13.8 Å². The van der Waals surface area contributed by atoms with Crippen LogP contribution in [0.5, 0.6) is 11.5 Å². The molecule has 0 fully saturated rings. The normalized spacial score (nSPS) is 10.3. The van der Waals surface area contributed by atoms with Gasteiger partial charge in [-0.2, -0.15) is 0 Å². The van der Waals surface area contributed by atoms with Crippen LogP contribution in [0.15, 0.2) is 42.5 Å². The molecule has 0 N–H and O–H groups in total. The number of hydrogen-bond acceptors (Lipinski definition) is 1. The quantitative estimate of drug-likeness (QED) is 0.724. The van der Waals surface area contributed by atoms with E-state index in [0.29, 0.717) is 0 Å². The van der Waals surface area contributed by atoms with Gasteiger partial charge in [0, 0.05) is 5.33 Å². The molecule has 0 aliphatic heterocycles. The van der Waals surface area contributed by atoms with Gasteiger partial charge in [0.25, 0.3) is 0 Å². The maximum atomic E-state index is 5.85. The smallest absolute Gasteiger partial charge is 0.130 e. The van der Waals surface area contributed by atoms with Crippen molar-refractivity contribution in [2.75, 3.05) is 0 Å². The zero-order chi connectivity index (χ0) is 12.3. The van der Waals surface area contributed by atoms with Gasteiger partial charge in [0.2, 0.25) is 0 Å². The summed E-state index contributed by atoms with van der Waals surface area (Å²) in [4.78, 5) is 0. The first-order chi connectivity index (χ1) is 8.19. The first kappa shape index (κ1) is 12.2. The number of halogens is 1. The van der Waals surface area contributed by atoms with Crippen molar-refractivity contribution in [2.45, 2.75) is 19.2 Å². The Morgan fingerprint density at radius 2 is 1.71 bits per heavy atom. The average molecular weight is 291 g/mol. The van der Waals surface area contributed by atoms with Crippen LogP contribution in [0.3, 0.4) is 0 Å². The molecule has 0 aliphatic rings. The van der Waals surface area contributed by atoms with E-state index in [0.717, 1.165) is 22.4 Å². The Labute approximate surface area is 111 Å². The summed E-state index contributed by atoms with van der Waals surface area (Å²) in [5.41, 5.74) is 3.66. The number of alkyl halides is 1. The Hall–Kier alpha value is -1.28. The van der Waals surface area contributed by atoms with Gasteiger partial charge in [-0.1, -0.05) is 45.8 Å². The van der Waals surface area contributed by atoms with E-state index >= 15 is 0 Å². The van der Waals surface area contributed by atoms with Crippen LogP contribution in [0.25, 0.3) is 0 Å². The fourth-order valence-electron chi connectivity index (χ4n) is 1.64. The van der Waals surface area contributed by atoms with Crippen molar-refractivity contribution in [1.29, 1.82) is 0 Å². The van der Waals surface area contributed by atoms with Crippen LogP contribution in [0.2, 0.25) is 0 Å². The topological polar surface area (TPSA) is 9.23 Å². The lowest BCUT2D eigenvalue weighted by Gasteiger charge is -2.09. The minimum Gasteiger partial charge on any atom is -0.457 e. The number of hydrogen-bond donors (Lipinski definition) is 0. The van der Waals surface area contributed by atoms with Crippen LogP contribution in [0.4, 0.5) is 0 Å². The summed E-state index contributed by atoms with van der Waals surface area (Å²) in [6, 6.07) is 14.3. The van der Waals surface area contributed by atoms with Crippen molar-refractivity contribution in [3.63, 3.8) is 0 Å². The van der Waals surface area contributed by atoms with Crippen molar-refractivity contribution in [2.24, 2.45) is 0 Å². The first-order valence-electron chi connectivity index (χ1n) is 5.59. The number of benzene rings is 2. The predicted molar refractivity (Wildman–Crippen MR) is 75.1 cm³/mol. The molecule has 88 valence electrons. The van der Waals surface area contributed by atoms with Crippen molar-refractivity contribution in [3.05, 3.63) is 59.2 Å². The highest BCUT2D eigenvalue weighted by atomic mass is 79.9. The Morgan fingerprint density at radius 3 is 2.29 bits per heavy atom. The minimum absolute atomic E-state index is 0.874. The highest BCUT2D eigenvalue weighted by Gasteiger charge is 2.02. The highest BCUT2D eigenvalue weighted by molar-refractivity contribution is 9.08. The lowest BCUT2D eigenvalue weighted by molar-refractivity contribution is 0.478. The van der Waals surface area contributed by atoms with Crippen LogP contribution >= 0.6 is 15.9 Å². The molecule has 0 atom stereocenters. The van der Waals surface area contributed by atoms with Gasteiger partial charge in [0.15, 0.2) is 0 Å². The molecule has 0 bridgehead atoms. The summed E-state index contributed by atoms with van der Waals surface area (Å²) >= 11 is 3.45. The Balaban J connectivity index is 2.21. The van der Waals surface area contributed by atoms with Gasteiger partial charge in [-0.3, -0.25) is 0 Å². The van der Waals surface area contributed by atoms with E-state index in [1.54, 1.807) is 0 Å². The molecule has 2 heteroatoms. The van der Waals surface area contributed by atoms with Crippen LogP contribution in [-0.4, -0.2) is 0 Å². The Morgan fingerprint density at radius 1 is 1.00 bits per heavy atom. The molecular weight excluding hydrogens is 276 g/mol. The summed E-state index contributed by atoms with van der Waals surface area (Å²) in [6.45, 7) is 4.13. The third-order valence-corrected chi connectivity index (χ3v) is 3.29.